The van der Waals surface area contributed by atoms with Crippen molar-refractivity contribution < 1.29 is 0 Å². The Labute approximate surface area is 115 Å². The lowest BCUT2D eigenvalue weighted by Gasteiger charge is -2.28. The summed E-state index contributed by atoms with van der Waals surface area (Å²) in [4.78, 5) is 16.4. The Morgan fingerprint density at radius 3 is 3.10 bits per heavy atom. The molecule has 1 atom stereocenters. The molecule has 5 nitrogen and oxygen atoms in total. The first-order valence-electron chi connectivity index (χ1n) is 6.70. The summed E-state index contributed by atoms with van der Waals surface area (Å²) < 4.78 is 2.13. The van der Waals surface area contributed by atoms with Crippen LogP contribution in [0.5, 0.6) is 0 Å². The number of nitrogens with zero attached hydrogens (tertiary/aromatic N) is 3. The quantitative estimate of drug-likeness (QED) is 0.678. The highest BCUT2D eigenvalue weighted by molar-refractivity contribution is 5.70. The van der Waals surface area contributed by atoms with Crippen LogP contribution >= 0.6 is 0 Å². The molecule has 0 radical (unpaired) electrons. The first-order valence-corrected chi connectivity index (χ1v) is 6.70. The molecule has 5 heteroatoms. The Hall–Kier alpha value is -2.43. The normalized spacial score (nSPS) is 17.0. The molecule has 0 aromatic carbocycles. The third kappa shape index (κ3) is 1.46. The lowest BCUT2D eigenvalue weighted by Crippen LogP contribution is -2.19. The molecular weight excluding hydrogens is 252 g/mol. The number of aromatic nitrogens is 4. The van der Waals surface area contributed by atoms with Crippen molar-refractivity contribution in [2.45, 2.75) is 26.3 Å². The van der Waals surface area contributed by atoms with Crippen molar-refractivity contribution >= 4 is 0 Å². The zero-order valence-electron chi connectivity index (χ0n) is 11.3. The Morgan fingerprint density at radius 1 is 1.40 bits per heavy atom. The first kappa shape index (κ1) is 11.4. The monoisotopic (exact) mass is 266 g/mol. The second-order valence-electron chi connectivity index (χ2n) is 5.43. The van der Waals surface area contributed by atoms with E-state index in [1.807, 2.05) is 25.3 Å². The molecule has 4 heterocycles. The van der Waals surface area contributed by atoms with E-state index < -0.39 is 0 Å². The van der Waals surface area contributed by atoms with Crippen molar-refractivity contribution in [2.75, 3.05) is 0 Å². The van der Waals surface area contributed by atoms with Crippen LogP contribution in [0.1, 0.15) is 24.2 Å². The molecule has 1 aromatic rings. The molecule has 3 aliphatic rings. The van der Waals surface area contributed by atoms with E-state index in [1.165, 1.54) is 5.56 Å². The third-order valence-electron chi connectivity index (χ3n) is 3.97. The number of pyridine rings is 2. The van der Waals surface area contributed by atoms with Gasteiger partial charge in [0, 0.05) is 17.9 Å². The van der Waals surface area contributed by atoms with Crippen molar-refractivity contribution in [1.29, 1.82) is 0 Å². The van der Waals surface area contributed by atoms with E-state index in [9.17, 15) is 4.79 Å². The average molecular weight is 266 g/mol. The zero-order valence-corrected chi connectivity index (χ0v) is 11.3. The van der Waals surface area contributed by atoms with Gasteiger partial charge >= 0.3 is 0 Å². The van der Waals surface area contributed by atoms with E-state index >= 15 is 0 Å². The molecule has 3 aliphatic heterocycles. The van der Waals surface area contributed by atoms with Crippen molar-refractivity contribution in [3.05, 3.63) is 46.0 Å². The summed E-state index contributed by atoms with van der Waals surface area (Å²) in [6.45, 7) is 4.15. The van der Waals surface area contributed by atoms with Crippen LogP contribution in [-0.2, 0) is 6.42 Å². The maximum atomic E-state index is 11.7. The lowest BCUT2D eigenvalue weighted by molar-refractivity contribution is 0.532. The summed E-state index contributed by atoms with van der Waals surface area (Å²) in [5, 5.41) is 6.58. The van der Waals surface area contributed by atoms with Gasteiger partial charge in [-0.3, -0.25) is 9.78 Å². The number of aryl methyl sites for hydroxylation is 1. The maximum absolute atomic E-state index is 11.7. The summed E-state index contributed by atoms with van der Waals surface area (Å²) >= 11 is 0. The molecule has 0 saturated heterocycles. The minimum Gasteiger partial charge on any atom is -0.342 e. The minimum absolute atomic E-state index is 0.134. The molecule has 0 aliphatic carbocycles. The number of nitrogens with one attached hydrogen (secondary N) is 1. The molecule has 100 valence electrons. The van der Waals surface area contributed by atoms with Gasteiger partial charge < -0.3 is 4.57 Å². The lowest BCUT2D eigenvalue weighted by atomic mass is 9.96. The molecule has 0 amide bonds. The van der Waals surface area contributed by atoms with E-state index in [1.54, 1.807) is 0 Å². The second kappa shape index (κ2) is 3.79. The summed E-state index contributed by atoms with van der Waals surface area (Å²) in [5.41, 5.74) is 5.48. The van der Waals surface area contributed by atoms with E-state index in [4.69, 9.17) is 0 Å². The summed E-state index contributed by atoms with van der Waals surface area (Å²) in [5.74, 6) is 0. The van der Waals surface area contributed by atoms with Crippen LogP contribution < -0.4 is 5.56 Å². The Balaban J connectivity index is 2.09. The molecule has 1 N–H and O–H groups in total. The van der Waals surface area contributed by atoms with Crippen molar-refractivity contribution in [1.82, 2.24) is 19.7 Å². The molecule has 0 saturated carbocycles. The molecule has 1 aromatic heterocycles. The van der Waals surface area contributed by atoms with Gasteiger partial charge in [-0.15, -0.1) is 0 Å². The fourth-order valence-electron chi connectivity index (χ4n) is 2.94. The number of hydrogen-bond acceptors (Lipinski definition) is 3. The highest BCUT2D eigenvalue weighted by Gasteiger charge is 2.25. The van der Waals surface area contributed by atoms with Crippen LogP contribution in [0.4, 0.5) is 0 Å². The van der Waals surface area contributed by atoms with Crippen LogP contribution in [-0.4, -0.2) is 19.7 Å². The zero-order chi connectivity index (χ0) is 13.9. The largest absolute Gasteiger partial charge is 0.342 e. The highest BCUT2D eigenvalue weighted by atomic mass is 16.1. The van der Waals surface area contributed by atoms with Gasteiger partial charge in [0.1, 0.15) is 0 Å². The predicted molar refractivity (Wildman–Crippen MR) is 75.9 cm³/mol. The number of fused-ring (bicyclic) bond motifs is 4. The van der Waals surface area contributed by atoms with Crippen molar-refractivity contribution in [3.8, 4) is 22.6 Å². The van der Waals surface area contributed by atoms with Gasteiger partial charge in [-0.05, 0) is 38.0 Å². The van der Waals surface area contributed by atoms with Crippen LogP contribution in [0.3, 0.4) is 0 Å². The molecule has 0 spiro atoms. The molecular formula is C15H14N4O. The van der Waals surface area contributed by atoms with Crippen molar-refractivity contribution in [2.24, 2.45) is 0 Å². The minimum atomic E-state index is -0.134. The second-order valence-corrected chi connectivity index (χ2v) is 5.43. The van der Waals surface area contributed by atoms with Gasteiger partial charge in [0.25, 0.3) is 5.56 Å². The number of rotatable bonds is 0. The van der Waals surface area contributed by atoms with Crippen LogP contribution in [0.15, 0.2) is 29.2 Å². The SMILES string of the molecule is Cc1ccc2c(n1)-c1cc3n[nH]c(=O)c-3cn1C(C)C2. The number of hydrogen-bond donors (Lipinski definition) is 1. The van der Waals surface area contributed by atoms with E-state index in [0.717, 1.165) is 23.5 Å². The Bertz CT molecular complexity index is 845. The smallest absolute Gasteiger partial charge is 0.275 e. The predicted octanol–water partition coefficient (Wildman–Crippen LogP) is 2.16. The molecule has 0 bridgehead atoms. The number of aromatic amines is 1. The summed E-state index contributed by atoms with van der Waals surface area (Å²) in [6.07, 6.45) is 2.83. The molecule has 1 unspecified atom stereocenters. The standard InChI is InChI=1S/C15H14N4O/c1-8-3-4-10-5-9(2)19-7-11-12(17-18-15(11)20)6-13(19)14(10)16-8/h3-4,6-7,9H,5H2,1-2H3,(H,18,20). The third-order valence-corrected chi connectivity index (χ3v) is 3.97. The van der Waals surface area contributed by atoms with E-state index in [0.29, 0.717) is 17.3 Å². The van der Waals surface area contributed by atoms with Gasteiger partial charge in [-0.1, -0.05) is 6.07 Å². The van der Waals surface area contributed by atoms with Crippen LogP contribution in [0, 0.1) is 6.92 Å². The van der Waals surface area contributed by atoms with E-state index in [-0.39, 0.29) is 5.56 Å². The van der Waals surface area contributed by atoms with Crippen molar-refractivity contribution in [3.63, 3.8) is 0 Å². The van der Waals surface area contributed by atoms with Gasteiger partial charge in [-0.25, -0.2) is 5.10 Å². The fourth-order valence-corrected chi connectivity index (χ4v) is 2.94. The average Bonchev–Trinajstić information content (AvgIpc) is 2.80. The molecule has 4 rings (SSSR count). The number of H-pyrrole nitrogens is 1. The molecule has 0 fully saturated rings. The fraction of sp³-hybridized carbons (Fsp3) is 0.267. The van der Waals surface area contributed by atoms with Crippen LogP contribution in [0.2, 0.25) is 0 Å². The Morgan fingerprint density at radius 2 is 2.25 bits per heavy atom. The Kier molecular flexibility index (Phi) is 2.16. The van der Waals surface area contributed by atoms with Gasteiger partial charge in [0.2, 0.25) is 0 Å². The highest BCUT2D eigenvalue weighted by Crippen LogP contribution is 2.35. The topological polar surface area (TPSA) is 63.6 Å². The van der Waals surface area contributed by atoms with Crippen LogP contribution in [0.25, 0.3) is 22.6 Å². The maximum Gasteiger partial charge on any atom is 0.275 e. The molecule has 20 heavy (non-hydrogen) atoms. The van der Waals surface area contributed by atoms with Gasteiger partial charge in [0.15, 0.2) is 0 Å². The summed E-state index contributed by atoms with van der Waals surface area (Å²) in [6, 6.07) is 6.45. The summed E-state index contributed by atoms with van der Waals surface area (Å²) in [7, 11) is 0. The van der Waals surface area contributed by atoms with Gasteiger partial charge in [0.05, 0.1) is 22.6 Å². The van der Waals surface area contributed by atoms with E-state index in [2.05, 4.69) is 32.7 Å². The first-order chi connectivity index (χ1) is 9.63. The van der Waals surface area contributed by atoms with Gasteiger partial charge in [-0.2, -0.15) is 5.10 Å².